The normalized spacial score (nSPS) is 28.6. The van der Waals surface area contributed by atoms with Gasteiger partial charge in [-0.15, -0.1) is 0 Å². The van der Waals surface area contributed by atoms with Crippen LogP contribution in [0.4, 0.5) is 10.1 Å². The molecule has 0 aliphatic carbocycles. The zero-order chi connectivity index (χ0) is 14.1. The van der Waals surface area contributed by atoms with Gasteiger partial charge >= 0.3 is 5.00 Å². The summed E-state index contributed by atoms with van der Waals surface area (Å²) in [5.41, 5.74) is 0. The van der Waals surface area contributed by atoms with E-state index < -0.39 is 0 Å². The number of hydrogen-bond donors (Lipinski definition) is 1. The van der Waals surface area contributed by atoms with Gasteiger partial charge in [-0.3, -0.25) is 10.1 Å². The van der Waals surface area contributed by atoms with E-state index in [9.17, 15) is 10.1 Å². The second-order valence-corrected chi connectivity index (χ2v) is 6.68. The third kappa shape index (κ3) is 2.64. The molecule has 0 saturated carbocycles. The first-order valence-corrected chi connectivity index (χ1v) is 8.12. The summed E-state index contributed by atoms with van der Waals surface area (Å²) in [5.74, 6) is 0. The molecule has 1 aromatic heterocycles. The van der Waals surface area contributed by atoms with Gasteiger partial charge in [0.05, 0.1) is 4.92 Å². The summed E-state index contributed by atoms with van der Waals surface area (Å²) < 4.78 is 0. The molecule has 20 heavy (non-hydrogen) atoms. The van der Waals surface area contributed by atoms with Crippen molar-refractivity contribution in [1.82, 2.24) is 10.3 Å². The van der Waals surface area contributed by atoms with Crippen molar-refractivity contribution >= 4 is 21.5 Å². The highest BCUT2D eigenvalue weighted by atomic mass is 32.1. The molecular weight excluding hydrogens is 276 g/mol. The number of nitrogens with one attached hydrogen (secondary N) is 1. The number of hydrogen-bond acceptors (Lipinski definition) is 6. The number of rotatable bonds is 5. The van der Waals surface area contributed by atoms with Gasteiger partial charge in [0, 0.05) is 24.7 Å². The van der Waals surface area contributed by atoms with E-state index in [1.54, 1.807) is 0 Å². The van der Waals surface area contributed by atoms with Crippen molar-refractivity contribution < 1.29 is 4.92 Å². The SMILES string of the molecule is CCCN(c1ncc([N+](=O)[O-])s1)C1CC2CCC(C1)N2. The summed E-state index contributed by atoms with van der Waals surface area (Å²) in [5, 5.41) is 15.4. The fraction of sp³-hybridized carbons (Fsp3) is 0.769. The van der Waals surface area contributed by atoms with E-state index in [-0.39, 0.29) is 9.92 Å². The second kappa shape index (κ2) is 5.65. The quantitative estimate of drug-likeness (QED) is 0.668. The Balaban J connectivity index is 1.79. The Kier molecular flexibility index (Phi) is 3.89. The molecule has 2 fully saturated rings. The van der Waals surface area contributed by atoms with Crippen molar-refractivity contribution in [2.75, 3.05) is 11.4 Å². The summed E-state index contributed by atoms with van der Waals surface area (Å²) in [4.78, 5) is 17.1. The summed E-state index contributed by atoms with van der Waals surface area (Å²) in [6.45, 7) is 3.07. The highest BCUT2D eigenvalue weighted by Crippen LogP contribution is 2.35. The number of nitro groups is 1. The molecule has 2 aliphatic heterocycles. The molecule has 6 nitrogen and oxygen atoms in total. The molecule has 2 bridgehead atoms. The minimum atomic E-state index is -0.350. The predicted octanol–water partition coefficient (Wildman–Crippen LogP) is 2.55. The maximum Gasteiger partial charge on any atom is 0.345 e. The Morgan fingerprint density at radius 2 is 2.20 bits per heavy atom. The van der Waals surface area contributed by atoms with Crippen LogP contribution in [0.3, 0.4) is 0 Å². The van der Waals surface area contributed by atoms with Crippen LogP contribution in [0.5, 0.6) is 0 Å². The van der Waals surface area contributed by atoms with Crippen molar-refractivity contribution in [1.29, 1.82) is 0 Å². The maximum absolute atomic E-state index is 10.8. The molecule has 2 aliphatic rings. The fourth-order valence-corrected chi connectivity index (χ4v) is 4.26. The molecule has 110 valence electrons. The third-order valence-corrected chi connectivity index (χ3v) is 5.25. The van der Waals surface area contributed by atoms with Crippen molar-refractivity contribution in [3.05, 3.63) is 16.3 Å². The molecule has 2 unspecified atom stereocenters. The van der Waals surface area contributed by atoms with Gasteiger partial charge in [0.15, 0.2) is 5.13 Å². The Hall–Kier alpha value is -1.21. The monoisotopic (exact) mass is 296 g/mol. The van der Waals surface area contributed by atoms with Gasteiger partial charge in [0.1, 0.15) is 6.20 Å². The van der Waals surface area contributed by atoms with Crippen LogP contribution in [0.1, 0.15) is 39.0 Å². The molecule has 2 atom stereocenters. The molecule has 0 amide bonds. The second-order valence-electron chi connectivity index (χ2n) is 5.69. The number of thiazole rings is 1. The van der Waals surface area contributed by atoms with Crippen LogP contribution in [-0.2, 0) is 0 Å². The molecular formula is C13H20N4O2S. The highest BCUT2D eigenvalue weighted by molar-refractivity contribution is 7.18. The Bertz CT molecular complexity index is 480. The Labute approximate surface area is 122 Å². The van der Waals surface area contributed by atoms with Crippen molar-refractivity contribution in [3.63, 3.8) is 0 Å². The molecule has 7 heteroatoms. The molecule has 0 spiro atoms. The van der Waals surface area contributed by atoms with Crippen LogP contribution in [-0.4, -0.2) is 34.6 Å². The van der Waals surface area contributed by atoms with Gasteiger partial charge in [-0.05, 0) is 43.4 Å². The first kappa shape index (κ1) is 13.8. The number of piperidine rings is 1. The molecule has 1 aromatic rings. The zero-order valence-electron chi connectivity index (χ0n) is 11.6. The van der Waals surface area contributed by atoms with E-state index in [2.05, 4.69) is 22.1 Å². The van der Waals surface area contributed by atoms with E-state index in [1.165, 1.54) is 30.4 Å². The number of anilines is 1. The van der Waals surface area contributed by atoms with E-state index >= 15 is 0 Å². The molecule has 2 saturated heterocycles. The van der Waals surface area contributed by atoms with Gasteiger partial charge < -0.3 is 10.2 Å². The zero-order valence-corrected chi connectivity index (χ0v) is 12.4. The molecule has 3 heterocycles. The molecule has 0 aromatic carbocycles. The molecule has 0 radical (unpaired) electrons. The van der Waals surface area contributed by atoms with Gasteiger partial charge in [0.2, 0.25) is 0 Å². The van der Waals surface area contributed by atoms with Gasteiger partial charge in [-0.1, -0.05) is 6.92 Å². The van der Waals surface area contributed by atoms with E-state index in [0.29, 0.717) is 18.1 Å². The maximum atomic E-state index is 10.8. The lowest BCUT2D eigenvalue weighted by molar-refractivity contribution is -0.380. The van der Waals surface area contributed by atoms with Crippen LogP contribution in [0.25, 0.3) is 0 Å². The van der Waals surface area contributed by atoms with Crippen molar-refractivity contribution in [3.8, 4) is 0 Å². The lowest BCUT2D eigenvalue weighted by Crippen LogP contribution is -2.48. The van der Waals surface area contributed by atoms with E-state index in [0.717, 1.165) is 30.9 Å². The highest BCUT2D eigenvalue weighted by Gasteiger charge is 2.36. The Morgan fingerprint density at radius 3 is 2.75 bits per heavy atom. The van der Waals surface area contributed by atoms with E-state index in [4.69, 9.17) is 0 Å². The average Bonchev–Trinajstić information content (AvgIpc) is 3.03. The number of aromatic nitrogens is 1. The van der Waals surface area contributed by atoms with Crippen LogP contribution in [0.15, 0.2) is 6.20 Å². The van der Waals surface area contributed by atoms with E-state index in [1.807, 2.05) is 0 Å². The number of nitrogens with zero attached hydrogens (tertiary/aromatic N) is 3. The lowest BCUT2D eigenvalue weighted by Gasteiger charge is -2.37. The van der Waals surface area contributed by atoms with Gasteiger partial charge in [-0.2, -0.15) is 0 Å². The van der Waals surface area contributed by atoms with Crippen molar-refractivity contribution in [2.45, 2.75) is 57.2 Å². The van der Waals surface area contributed by atoms with Crippen LogP contribution >= 0.6 is 11.3 Å². The van der Waals surface area contributed by atoms with Gasteiger partial charge in [0.25, 0.3) is 0 Å². The summed E-state index contributed by atoms with van der Waals surface area (Å²) in [6.07, 6.45) is 7.21. The smallest absolute Gasteiger partial charge is 0.345 e. The fourth-order valence-electron chi connectivity index (χ4n) is 3.43. The average molecular weight is 296 g/mol. The predicted molar refractivity (Wildman–Crippen MR) is 79.4 cm³/mol. The third-order valence-electron chi connectivity index (χ3n) is 4.26. The number of fused-ring (bicyclic) bond motifs is 2. The largest absolute Gasteiger partial charge is 0.345 e. The van der Waals surface area contributed by atoms with Crippen LogP contribution < -0.4 is 10.2 Å². The van der Waals surface area contributed by atoms with Crippen LogP contribution in [0.2, 0.25) is 0 Å². The summed E-state index contributed by atoms with van der Waals surface area (Å²) >= 11 is 1.20. The summed E-state index contributed by atoms with van der Waals surface area (Å²) in [7, 11) is 0. The minimum Gasteiger partial charge on any atom is -0.345 e. The minimum absolute atomic E-state index is 0.137. The van der Waals surface area contributed by atoms with Gasteiger partial charge in [-0.25, -0.2) is 4.98 Å². The Morgan fingerprint density at radius 1 is 1.50 bits per heavy atom. The molecule has 3 rings (SSSR count). The topological polar surface area (TPSA) is 71.3 Å². The standard InChI is InChI=1S/C13H20N4O2S/c1-2-5-16(13-14-8-12(20-13)17(18)19)11-6-9-3-4-10(7-11)15-9/h8-11,15H,2-7H2,1H3. The molecule has 1 N–H and O–H groups in total. The first-order valence-electron chi connectivity index (χ1n) is 7.30. The van der Waals surface area contributed by atoms with Crippen LogP contribution in [0, 0.1) is 10.1 Å². The summed E-state index contributed by atoms with van der Waals surface area (Å²) in [6, 6.07) is 1.71. The van der Waals surface area contributed by atoms with Crippen molar-refractivity contribution in [2.24, 2.45) is 0 Å². The first-order chi connectivity index (χ1) is 9.67. The lowest BCUT2D eigenvalue weighted by atomic mass is 9.98.